The van der Waals surface area contributed by atoms with Crippen LogP contribution in [0.5, 0.6) is 0 Å². The first-order valence-corrected chi connectivity index (χ1v) is 3.41. The van der Waals surface area contributed by atoms with Crippen LogP contribution in [0.25, 0.3) is 0 Å². The van der Waals surface area contributed by atoms with Gasteiger partial charge in [-0.15, -0.1) is 0 Å². The molecular weight excluding hydrogens is 167 g/mol. The van der Waals surface area contributed by atoms with Crippen LogP contribution in [0.3, 0.4) is 0 Å². The molecule has 0 aliphatic carbocycles. The number of rotatable bonds is 4. The van der Waals surface area contributed by atoms with Gasteiger partial charge in [0.2, 0.25) is 0 Å². The van der Waals surface area contributed by atoms with Crippen molar-refractivity contribution in [2.75, 3.05) is 6.61 Å². The summed E-state index contributed by atoms with van der Waals surface area (Å²) in [6.45, 7) is 1.30. The third-order valence-corrected chi connectivity index (χ3v) is 1.02. The second-order valence-corrected chi connectivity index (χ2v) is 2.00. The summed E-state index contributed by atoms with van der Waals surface area (Å²) in [5.41, 5.74) is 0. The monoisotopic (exact) mass is 174 g/mol. The molecule has 0 aliphatic rings. The van der Waals surface area contributed by atoms with Gasteiger partial charge in [0, 0.05) is 6.42 Å². The van der Waals surface area contributed by atoms with E-state index in [1.807, 2.05) is 0 Å². The van der Waals surface area contributed by atoms with Gasteiger partial charge in [0.1, 0.15) is 6.61 Å². The number of carbonyl (C=O) groups is 1. The molecule has 0 saturated heterocycles. The maximum Gasteiger partial charge on any atom is 1.00 e. The Bertz CT molecular complexity index is 126. The maximum atomic E-state index is 10.3. The van der Waals surface area contributed by atoms with Crippen molar-refractivity contribution in [2.24, 2.45) is 0 Å². The van der Waals surface area contributed by atoms with Crippen LogP contribution < -0.4 is 29.6 Å². The Hall–Kier alpha value is 0.740. The van der Waals surface area contributed by atoms with Crippen molar-refractivity contribution >= 4 is 17.1 Å². The summed E-state index contributed by atoms with van der Waals surface area (Å²) in [7, 11) is 0. The van der Waals surface area contributed by atoms with Crippen LogP contribution in [0.4, 0.5) is 0 Å². The van der Waals surface area contributed by atoms with E-state index in [1.165, 1.54) is 0 Å². The fourth-order valence-corrected chi connectivity index (χ4v) is 0.444. The fraction of sp³-hybridized carbons (Fsp3) is 0.750. The zero-order valence-electron chi connectivity index (χ0n) is 5.96. The average Bonchev–Trinajstić information content (AvgIpc) is 1.83. The molecule has 54 valence electrons. The fourth-order valence-electron chi connectivity index (χ4n) is 0.216. The first-order chi connectivity index (χ1) is 4.16. The minimum atomic E-state index is -2.56. The molecule has 0 aromatic heterocycles. The van der Waals surface area contributed by atoms with E-state index >= 15 is 0 Å². The molecule has 0 fully saturated rings. The molecule has 10 heavy (non-hydrogen) atoms. The van der Waals surface area contributed by atoms with Crippen LogP contribution in [0, 0.1) is 0 Å². The van der Waals surface area contributed by atoms with E-state index in [1.54, 1.807) is 6.92 Å². The second-order valence-electron chi connectivity index (χ2n) is 1.36. The Kier molecular flexibility index (Phi) is 10.5. The van der Waals surface area contributed by atoms with Crippen molar-refractivity contribution in [1.82, 2.24) is 0 Å². The van der Waals surface area contributed by atoms with Crippen LogP contribution in [-0.4, -0.2) is 21.2 Å². The summed E-state index contributed by atoms with van der Waals surface area (Å²) in [5.74, 6) is -0.223. The van der Waals surface area contributed by atoms with Gasteiger partial charge in [-0.2, -0.15) is 0 Å². The Labute approximate surface area is 84.1 Å². The Balaban J connectivity index is 0. The molecule has 0 N–H and O–H groups in total. The van der Waals surface area contributed by atoms with Crippen LogP contribution in [-0.2, 0) is 20.3 Å². The molecule has 0 rings (SSSR count). The summed E-state index contributed by atoms with van der Waals surface area (Å²) < 4.78 is 23.3. The summed E-state index contributed by atoms with van der Waals surface area (Å²) in [5, 5.41) is 0. The first-order valence-electron chi connectivity index (χ1n) is 2.41. The predicted molar refractivity (Wildman–Crippen MR) is 30.2 cm³/mol. The molecule has 0 aromatic carbocycles. The van der Waals surface area contributed by atoms with Gasteiger partial charge in [0.05, 0.1) is 11.4 Å². The third kappa shape index (κ3) is 8.74. The van der Waals surface area contributed by atoms with Crippen LogP contribution in [0.15, 0.2) is 0 Å². The maximum absolute atomic E-state index is 10.3. The molecule has 0 saturated carbocycles. The number of Topliss-reactive ketones (excluding diaryl/α,β-unsaturated/α-hetero) is 1. The zero-order chi connectivity index (χ0) is 7.28. The Morgan fingerprint density at radius 2 is 2.20 bits per heavy atom. The standard InChI is InChI=1S/C4H8O4S.Na/c1-2-4(5)3-8-9(6)7;/h2-3H2,1H3,(H,6,7);/q;+1/p-1. The number of carbonyl (C=O) groups excluding carboxylic acids is 1. The van der Waals surface area contributed by atoms with Gasteiger partial charge < -0.3 is 4.55 Å². The molecule has 0 aromatic rings. The number of hydrogen-bond donors (Lipinski definition) is 0. The van der Waals surface area contributed by atoms with E-state index < -0.39 is 11.4 Å². The summed E-state index contributed by atoms with van der Waals surface area (Å²) >= 11 is -2.56. The number of ketones is 1. The van der Waals surface area contributed by atoms with Crippen LogP contribution >= 0.6 is 0 Å². The van der Waals surface area contributed by atoms with E-state index in [0.717, 1.165) is 0 Å². The molecule has 6 heteroatoms. The van der Waals surface area contributed by atoms with Gasteiger partial charge in [0.25, 0.3) is 0 Å². The van der Waals surface area contributed by atoms with Crippen molar-refractivity contribution < 1.29 is 47.3 Å². The van der Waals surface area contributed by atoms with E-state index in [9.17, 15) is 13.6 Å². The topological polar surface area (TPSA) is 66.4 Å². The summed E-state index contributed by atoms with van der Waals surface area (Å²) in [4.78, 5) is 10.3. The summed E-state index contributed by atoms with van der Waals surface area (Å²) in [6, 6.07) is 0. The molecule has 0 aliphatic heterocycles. The van der Waals surface area contributed by atoms with Crippen LogP contribution in [0.1, 0.15) is 13.3 Å². The normalized spacial score (nSPS) is 11.8. The van der Waals surface area contributed by atoms with Gasteiger partial charge in [-0.3, -0.25) is 8.98 Å². The number of hydrogen-bond acceptors (Lipinski definition) is 4. The second kappa shape index (κ2) is 7.84. The molecule has 0 heterocycles. The zero-order valence-corrected chi connectivity index (χ0v) is 8.77. The summed E-state index contributed by atoms with van der Waals surface area (Å²) in [6.07, 6.45) is 0.303. The average molecular weight is 174 g/mol. The molecular formula is C4H7NaO4S. The van der Waals surface area contributed by atoms with Crippen molar-refractivity contribution in [1.29, 1.82) is 0 Å². The van der Waals surface area contributed by atoms with Gasteiger partial charge in [-0.1, -0.05) is 6.92 Å². The van der Waals surface area contributed by atoms with Crippen LogP contribution in [0.2, 0.25) is 0 Å². The Morgan fingerprint density at radius 1 is 1.70 bits per heavy atom. The van der Waals surface area contributed by atoms with E-state index in [-0.39, 0.29) is 41.9 Å². The van der Waals surface area contributed by atoms with E-state index in [4.69, 9.17) is 0 Å². The van der Waals surface area contributed by atoms with Gasteiger partial charge in [-0.05, 0) is 0 Å². The van der Waals surface area contributed by atoms with Crippen molar-refractivity contribution in [3.63, 3.8) is 0 Å². The van der Waals surface area contributed by atoms with Crippen molar-refractivity contribution in [3.05, 3.63) is 0 Å². The SMILES string of the molecule is CCC(=O)COS(=O)[O-].[Na+]. The molecule has 1 unspecified atom stereocenters. The van der Waals surface area contributed by atoms with Crippen molar-refractivity contribution in [2.45, 2.75) is 13.3 Å². The molecule has 4 nitrogen and oxygen atoms in total. The van der Waals surface area contributed by atoms with E-state index in [0.29, 0.717) is 6.42 Å². The van der Waals surface area contributed by atoms with Crippen molar-refractivity contribution in [3.8, 4) is 0 Å². The smallest absolute Gasteiger partial charge is 0.750 e. The predicted octanol–water partition coefficient (Wildman–Crippen LogP) is -3.22. The molecule has 0 amide bonds. The molecule has 0 radical (unpaired) electrons. The van der Waals surface area contributed by atoms with E-state index in [2.05, 4.69) is 4.18 Å². The molecule has 1 atom stereocenters. The minimum absolute atomic E-state index is 0. The van der Waals surface area contributed by atoms with Gasteiger partial charge in [0.15, 0.2) is 5.78 Å². The third-order valence-electron chi connectivity index (χ3n) is 0.710. The minimum Gasteiger partial charge on any atom is -0.750 e. The van der Waals surface area contributed by atoms with Gasteiger partial charge in [-0.25, -0.2) is 4.21 Å². The Morgan fingerprint density at radius 3 is 2.50 bits per heavy atom. The quantitative estimate of drug-likeness (QED) is 0.332. The van der Waals surface area contributed by atoms with Gasteiger partial charge >= 0.3 is 29.6 Å². The molecule has 0 spiro atoms. The largest absolute Gasteiger partial charge is 1.00 e. The first kappa shape index (κ1) is 13.3. The molecule has 0 bridgehead atoms.